The molecule has 2 aromatic rings. The highest BCUT2D eigenvalue weighted by Crippen LogP contribution is 2.32. The molecule has 1 N–H and O–H groups in total. The summed E-state index contributed by atoms with van der Waals surface area (Å²) in [6, 6.07) is 8.23. The van der Waals surface area contributed by atoms with Crippen molar-refractivity contribution in [1.82, 2.24) is 5.32 Å². The minimum Gasteiger partial charge on any atom is -0.313 e. The van der Waals surface area contributed by atoms with Crippen LogP contribution in [0, 0.1) is 17.5 Å². The van der Waals surface area contributed by atoms with Crippen LogP contribution in [0.15, 0.2) is 36.4 Å². The van der Waals surface area contributed by atoms with E-state index < -0.39 is 17.5 Å². The van der Waals surface area contributed by atoms with Crippen molar-refractivity contribution in [2.45, 2.75) is 13.0 Å². The SMILES string of the molecule is CNC(C)c1ccccc1-c1c(F)cc(F)cc1F. The van der Waals surface area contributed by atoms with Crippen molar-refractivity contribution in [3.8, 4) is 11.1 Å². The van der Waals surface area contributed by atoms with Crippen LogP contribution < -0.4 is 5.32 Å². The molecule has 0 bridgehead atoms. The Labute approximate surface area is 110 Å². The van der Waals surface area contributed by atoms with Gasteiger partial charge >= 0.3 is 0 Å². The van der Waals surface area contributed by atoms with Crippen LogP contribution in [-0.2, 0) is 0 Å². The lowest BCUT2D eigenvalue weighted by Crippen LogP contribution is -2.13. The van der Waals surface area contributed by atoms with Gasteiger partial charge in [0.05, 0.1) is 5.56 Å². The number of hydrogen-bond donors (Lipinski definition) is 1. The van der Waals surface area contributed by atoms with E-state index in [4.69, 9.17) is 0 Å². The normalized spacial score (nSPS) is 12.5. The van der Waals surface area contributed by atoms with Crippen LogP contribution in [0.25, 0.3) is 11.1 Å². The molecule has 0 aliphatic rings. The Kier molecular flexibility index (Phi) is 3.90. The van der Waals surface area contributed by atoms with Gasteiger partial charge in [-0.2, -0.15) is 0 Å². The minimum atomic E-state index is -0.919. The number of hydrogen-bond acceptors (Lipinski definition) is 1. The van der Waals surface area contributed by atoms with Gasteiger partial charge < -0.3 is 5.32 Å². The second-order valence-corrected chi connectivity index (χ2v) is 4.34. The van der Waals surface area contributed by atoms with E-state index in [0.717, 1.165) is 5.56 Å². The molecule has 4 heteroatoms. The van der Waals surface area contributed by atoms with Crippen molar-refractivity contribution >= 4 is 0 Å². The Bertz CT molecular complexity index is 573. The van der Waals surface area contributed by atoms with E-state index in [1.165, 1.54) is 0 Å². The average molecular weight is 265 g/mol. The predicted octanol–water partition coefficient (Wildman–Crippen LogP) is 4.05. The molecule has 1 unspecified atom stereocenters. The summed E-state index contributed by atoms with van der Waals surface area (Å²) in [7, 11) is 1.76. The van der Waals surface area contributed by atoms with E-state index in [-0.39, 0.29) is 11.6 Å². The second-order valence-electron chi connectivity index (χ2n) is 4.34. The molecule has 0 fully saturated rings. The summed E-state index contributed by atoms with van der Waals surface area (Å²) in [4.78, 5) is 0. The fourth-order valence-electron chi connectivity index (χ4n) is 2.06. The van der Waals surface area contributed by atoms with E-state index in [1.54, 1.807) is 31.3 Å². The summed E-state index contributed by atoms with van der Waals surface area (Å²) in [5.41, 5.74) is 0.993. The van der Waals surface area contributed by atoms with E-state index >= 15 is 0 Å². The third kappa shape index (κ3) is 2.63. The standard InChI is InChI=1S/C15H14F3N/c1-9(19-2)11-5-3-4-6-12(11)15-13(17)7-10(16)8-14(15)18/h3-9,19H,1-2H3. The lowest BCUT2D eigenvalue weighted by Gasteiger charge is -2.16. The zero-order valence-corrected chi connectivity index (χ0v) is 10.7. The zero-order chi connectivity index (χ0) is 14.0. The third-order valence-electron chi connectivity index (χ3n) is 3.14. The van der Waals surface area contributed by atoms with Crippen molar-refractivity contribution in [3.05, 3.63) is 59.4 Å². The molecule has 0 saturated carbocycles. The zero-order valence-electron chi connectivity index (χ0n) is 10.7. The van der Waals surface area contributed by atoms with Crippen molar-refractivity contribution in [1.29, 1.82) is 0 Å². The van der Waals surface area contributed by atoms with Gasteiger partial charge in [0.25, 0.3) is 0 Å². The van der Waals surface area contributed by atoms with Gasteiger partial charge in [-0.25, -0.2) is 13.2 Å². The summed E-state index contributed by atoms with van der Waals surface area (Å²) in [6.07, 6.45) is 0. The first kappa shape index (κ1) is 13.6. The number of nitrogens with one attached hydrogen (secondary N) is 1. The molecule has 19 heavy (non-hydrogen) atoms. The van der Waals surface area contributed by atoms with Gasteiger partial charge in [0.1, 0.15) is 17.5 Å². The van der Waals surface area contributed by atoms with Crippen molar-refractivity contribution in [2.75, 3.05) is 7.05 Å². The molecular formula is C15H14F3N. The van der Waals surface area contributed by atoms with Crippen LogP contribution in [0.2, 0.25) is 0 Å². The molecule has 1 atom stereocenters. The monoisotopic (exact) mass is 265 g/mol. The molecule has 1 nitrogen and oxygen atoms in total. The van der Waals surface area contributed by atoms with E-state index in [1.807, 2.05) is 6.92 Å². The fourth-order valence-corrected chi connectivity index (χ4v) is 2.06. The maximum absolute atomic E-state index is 13.8. The molecule has 0 aliphatic heterocycles. The fraction of sp³-hybridized carbons (Fsp3) is 0.200. The van der Waals surface area contributed by atoms with Gasteiger partial charge in [-0.1, -0.05) is 24.3 Å². The maximum Gasteiger partial charge on any atom is 0.136 e. The topological polar surface area (TPSA) is 12.0 Å². The van der Waals surface area contributed by atoms with Crippen LogP contribution in [0.1, 0.15) is 18.5 Å². The van der Waals surface area contributed by atoms with Gasteiger partial charge in [-0.15, -0.1) is 0 Å². The summed E-state index contributed by atoms with van der Waals surface area (Å²) >= 11 is 0. The highest BCUT2D eigenvalue weighted by Gasteiger charge is 2.18. The van der Waals surface area contributed by atoms with Gasteiger partial charge in [0.2, 0.25) is 0 Å². The lowest BCUT2D eigenvalue weighted by atomic mass is 9.95. The molecule has 0 spiro atoms. The van der Waals surface area contributed by atoms with Gasteiger partial charge in [-0.05, 0) is 25.1 Å². The van der Waals surface area contributed by atoms with Crippen molar-refractivity contribution in [3.63, 3.8) is 0 Å². The van der Waals surface area contributed by atoms with E-state index in [9.17, 15) is 13.2 Å². The molecule has 2 aromatic carbocycles. The first-order valence-electron chi connectivity index (χ1n) is 5.95. The van der Waals surface area contributed by atoms with Crippen molar-refractivity contribution < 1.29 is 13.2 Å². The van der Waals surface area contributed by atoms with Gasteiger partial charge in [0, 0.05) is 18.2 Å². The number of benzene rings is 2. The highest BCUT2D eigenvalue weighted by atomic mass is 19.1. The second kappa shape index (κ2) is 5.45. The van der Waals surface area contributed by atoms with E-state index in [0.29, 0.717) is 17.7 Å². The van der Waals surface area contributed by atoms with Crippen LogP contribution in [0.3, 0.4) is 0 Å². The molecule has 0 amide bonds. The van der Waals surface area contributed by atoms with Crippen LogP contribution in [0.5, 0.6) is 0 Å². The molecule has 0 heterocycles. The lowest BCUT2D eigenvalue weighted by molar-refractivity contribution is 0.547. The molecule has 0 radical (unpaired) electrons. The molecule has 0 saturated heterocycles. The number of halogens is 3. The first-order valence-corrected chi connectivity index (χ1v) is 5.95. The minimum absolute atomic E-state index is 0.0694. The summed E-state index contributed by atoms with van der Waals surface area (Å²) < 4.78 is 40.6. The maximum atomic E-state index is 13.8. The summed E-state index contributed by atoms with van der Waals surface area (Å²) in [6.45, 7) is 1.89. The Hall–Kier alpha value is -1.81. The molecular weight excluding hydrogens is 251 g/mol. The van der Waals surface area contributed by atoms with Crippen LogP contribution in [0.4, 0.5) is 13.2 Å². The molecule has 0 aromatic heterocycles. The largest absolute Gasteiger partial charge is 0.313 e. The Morgan fingerprint density at radius 1 is 1.00 bits per heavy atom. The Balaban J connectivity index is 2.66. The van der Waals surface area contributed by atoms with Gasteiger partial charge in [-0.3, -0.25) is 0 Å². The summed E-state index contributed by atoms with van der Waals surface area (Å²) in [5, 5.41) is 3.02. The smallest absolute Gasteiger partial charge is 0.136 e. The van der Waals surface area contributed by atoms with Crippen LogP contribution >= 0.6 is 0 Å². The average Bonchev–Trinajstić information content (AvgIpc) is 2.37. The van der Waals surface area contributed by atoms with Crippen LogP contribution in [-0.4, -0.2) is 7.05 Å². The predicted molar refractivity (Wildman–Crippen MR) is 69.2 cm³/mol. The quantitative estimate of drug-likeness (QED) is 0.882. The molecule has 100 valence electrons. The van der Waals surface area contributed by atoms with Crippen molar-refractivity contribution in [2.24, 2.45) is 0 Å². The Morgan fingerprint density at radius 3 is 2.16 bits per heavy atom. The highest BCUT2D eigenvalue weighted by molar-refractivity contribution is 5.69. The third-order valence-corrected chi connectivity index (χ3v) is 3.14. The van der Waals surface area contributed by atoms with E-state index in [2.05, 4.69) is 5.32 Å². The first-order chi connectivity index (χ1) is 9.04. The number of rotatable bonds is 3. The Morgan fingerprint density at radius 2 is 1.58 bits per heavy atom. The molecule has 2 rings (SSSR count). The molecule has 0 aliphatic carbocycles. The van der Waals surface area contributed by atoms with Gasteiger partial charge in [0.15, 0.2) is 0 Å². The summed E-state index contributed by atoms with van der Waals surface area (Å²) in [5.74, 6) is -2.71.